The van der Waals surface area contributed by atoms with E-state index in [0.717, 1.165) is 5.56 Å². The standard InChI is InChI=1S/C14H18ClNO4/c1-10(17)9-16(7-6-14(19)20)13(18)8-11-2-4-12(15)5-3-11/h2-5,10,17H,6-9H2,1H3,(H,19,20). The number of halogens is 1. The number of aliphatic hydroxyl groups excluding tert-OH is 1. The summed E-state index contributed by atoms with van der Waals surface area (Å²) in [6.45, 7) is 1.77. The fraction of sp³-hybridized carbons (Fsp3) is 0.429. The van der Waals surface area contributed by atoms with Crippen molar-refractivity contribution in [3.63, 3.8) is 0 Å². The van der Waals surface area contributed by atoms with Gasteiger partial charge in [0.2, 0.25) is 5.91 Å². The van der Waals surface area contributed by atoms with Crippen LogP contribution in [0, 0.1) is 0 Å². The number of carbonyl (C=O) groups is 2. The van der Waals surface area contributed by atoms with E-state index in [2.05, 4.69) is 0 Å². The van der Waals surface area contributed by atoms with Crippen LogP contribution in [-0.4, -0.2) is 46.2 Å². The summed E-state index contributed by atoms with van der Waals surface area (Å²) in [6, 6.07) is 6.89. The SMILES string of the molecule is CC(O)CN(CCC(=O)O)C(=O)Cc1ccc(Cl)cc1. The molecule has 0 aromatic heterocycles. The number of nitrogens with zero attached hydrogens (tertiary/aromatic N) is 1. The van der Waals surface area contributed by atoms with Crippen molar-refractivity contribution in [2.45, 2.75) is 25.9 Å². The van der Waals surface area contributed by atoms with Crippen molar-refractivity contribution in [2.24, 2.45) is 0 Å². The number of amides is 1. The molecular formula is C14H18ClNO4. The van der Waals surface area contributed by atoms with Gasteiger partial charge in [-0.3, -0.25) is 9.59 Å². The van der Waals surface area contributed by atoms with Crippen molar-refractivity contribution in [3.8, 4) is 0 Å². The van der Waals surface area contributed by atoms with Crippen molar-refractivity contribution >= 4 is 23.5 Å². The fourth-order valence-electron chi connectivity index (χ4n) is 1.76. The Hall–Kier alpha value is -1.59. The molecule has 1 atom stereocenters. The van der Waals surface area contributed by atoms with Crippen molar-refractivity contribution < 1.29 is 19.8 Å². The molecule has 0 spiro atoms. The molecule has 2 N–H and O–H groups in total. The van der Waals surface area contributed by atoms with E-state index in [0.29, 0.717) is 5.02 Å². The van der Waals surface area contributed by atoms with Crippen LogP contribution in [0.25, 0.3) is 0 Å². The third-order valence-electron chi connectivity index (χ3n) is 2.70. The Morgan fingerprint density at radius 1 is 1.30 bits per heavy atom. The molecule has 0 bridgehead atoms. The molecule has 1 rings (SSSR count). The Balaban J connectivity index is 2.66. The van der Waals surface area contributed by atoms with E-state index in [9.17, 15) is 14.7 Å². The maximum Gasteiger partial charge on any atom is 0.305 e. The number of aliphatic hydroxyl groups is 1. The Bertz CT molecular complexity index is 459. The van der Waals surface area contributed by atoms with Gasteiger partial charge in [-0.15, -0.1) is 0 Å². The Kier molecular flexibility index (Phi) is 6.48. The molecule has 1 unspecified atom stereocenters. The van der Waals surface area contributed by atoms with Gasteiger partial charge in [0.25, 0.3) is 0 Å². The first kappa shape index (κ1) is 16.5. The molecule has 5 nitrogen and oxygen atoms in total. The van der Waals surface area contributed by atoms with Gasteiger partial charge in [-0.2, -0.15) is 0 Å². The number of hydrogen-bond acceptors (Lipinski definition) is 3. The number of hydrogen-bond donors (Lipinski definition) is 2. The average molecular weight is 300 g/mol. The summed E-state index contributed by atoms with van der Waals surface area (Å²) in [4.78, 5) is 24.1. The summed E-state index contributed by atoms with van der Waals surface area (Å²) in [7, 11) is 0. The molecule has 0 aliphatic carbocycles. The van der Waals surface area contributed by atoms with Crippen LogP contribution in [0.1, 0.15) is 18.9 Å². The third-order valence-corrected chi connectivity index (χ3v) is 2.95. The van der Waals surface area contributed by atoms with E-state index in [1.807, 2.05) is 0 Å². The number of benzene rings is 1. The van der Waals surface area contributed by atoms with Gasteiger partial charge in [0.15, 0.2) is 0 Å². The van der Waals surface area contributed by atoms with Gasteiger partial charge >= 0.3 is 5.97 Å². The number of carboxylic acids is 1. The highest BCUT2D eigenvalue weighted by molar-refractivity contribution is 6.30. The van der Waals surface area contributed by atoms with E-state index in [1.165, 1.54) is 4.90 Å². The molecule has 110 valence electrons. The van der Waals surface area contributed by atoms with Gasteiger partial charge in [-0.05, 0) is 24.6 Å². The monoisotopic (exact) mass is 299 g/mol. The fourth-order valence-corrected chi connectivity index (χ4v) is 1.88. The summed E-state index contributed by atoms with van der Waals surface area (Å²) < 4.78 is 0. The first-order valence-corrected chi connectivity index (χ1v) is 6.68. The lowest BCUT2D eigenvalue weighted by atomic mass is 10.1. The van der Waals surface area contributed by atoms with Gasteiger partial charge in [0.05, 0.1) is 18.9 Å². The van der Waals surface area contributed by atoms with Crippen LogP contribution in [0.2, 0.25) is 5.02 Å². The quantitative estimate of drug-likeness (QED) is 0.801. The Labute approximate surface area is 122 Å². The summed E-state index contributed by atoms with van der Waals surface area (Å²) in [5.41, 5.74) is 0.797. The van der Waals surface area contributed by atoms with Crippen LogP contribution in [-0.2, 0) is 16.0 Å². The molecule has 0 aliphatic heterocycles. The lowest BCUT2D eigenvalue weighted by Gasteiger charge is -2.23. The molecule has 0 fully saturated rings. The first-order valence-electron chi connectivity index (χ1n) is 6.30. The van der Waals surface area contributed by atoms with Crippen molar-refractivity contribution in [1.29, 1.82) is 0 Å². The highest BCUT2D eigenvalue weighted by Gasteiger charge is 2.17. The first-order chi connectivity index (χ1) is 9.38. The number of carbonyl (C=O) groups excluding carboxylic acids is 1. The molecule has 0 radical (unpaired) electrons. The van der Waals surface area contributed by atoms with Gasteiger partial charge in [-0.25, -0.2) is 0 Å². The van der Waals surface area contributed by atoms with Crippen molar-refractivity contribution in [1.82, 2.24) is 4.90 Å². The second-order valence-electron chi connectivity index (χ2n) is 4.64. The van der Waals surface area contributed by atoms with E-state index in [4.69, 9.17) is 16.7 Å². The molecule has 0 saturated heterocycles. The Morgan fingerprint density at radius 2 is 1.90 bits per heavy atom. The normalized spacial score (nSPS) is 11.9. The van der Waals surface area contributed by atoms with E-state index < -0.39 is 12.1 Å². The largest absolute Gasteiger partial charge is 0.481 e. The summed E-state index contributed by atoms with van der Waals surface area (Å²) in [6.07, 6.45) is -0.680. The van der Waals surface area contributed by atoms with Gasteiger partial charge < -0.3 is 15.1 Å². The lowest BCUT2D eigenvalue weighted by Crippen LogP contribution is -2.39. The highest BCUT2D eigenvalue weighted by Crippen LogP contribution is 2.11. The van der Waals surface area contributed by atoms with Crippen molar-refractivity contribution in [3.05, 3.63) is 34.9 Å². The minimum Gasteiger partial charge on any atom is -0.481 e. The lowest BCUT2D eigenvalue weighted by molar-refractivity contribution is -0.138. The summed E-state index contributed by atoms with van der Waals surface area (Å²) in [5.74, 6) is -1.19. The Morgan fingerprint density at radius 3 is 2.40 bits per heavy atom. The zero-order chi connectivity index (χ0) is 15.1. The predicted octanol–water partition coefficient (Wildman–Crippen LogP) is 1.57. The van der Waals surface area contributed by atoms with Crippen LogP contribution >= 0.6 is 11.6 Å². The van der Waals surface area contributed by atoms with E-state index in [-0.39, 0.29) is 31.8 Å². The number of aliphatic carboxylic acids is 1. The van der Waals surface area contributed by atoms with Crippen LogP contribution in [0.5, 0.6) is 0 Å². The van der Waals surface area contributed by atoms with Gasteiger partial charge in [0.1, 0.15) is 0 Å². The minimum absolute atomic E-state index is 0.0899. The second-order valence-corrected chi connectivity index (χ2v) is 5.07. The molecule has 1 amide bonds. The molecule has 1 aromatic rings. The molecule has 0 saturated carbocycles. The molecular weight excluding hydrogens is 282 g/mol. The summed E-state index contributed by atoms with van der Waals surface area (Å²) in [5, 5.41) is 18.7. The van der Waals surface area contributed by atoms with Gasteiger partial charge in [0, 0.05) is 18.1 Å². The van der Waals surface area contributed by atoms with Crippen LogP contribution < -0.4 is 0 Å². The number of carboxylic acid groups (broad SMARTS) is 1. The predicted molar refractivity (Wildman–Crippen MR) is 75.7 cm³/mol. The zero-order valence-corrected chi connectivity index (χ0v) is 12.0. The molecule has 1 aromatic carbocycles. The van der Waals surface area contributed by atoms with Crippen LogP contribution in [0.15, 0.2) is 24.3 Å². The number of rotatable bonds is 7. The second kappa shape index (κ2) is 7.87. The topological polar surface area (TPSA) is 77.8 Å². The molecule has 0 aliphatic rings. The van der Waals surface area contributed by atoms with Gasteiger partial charge in [-0.1, -0.05) is 23.7 Å². The van der Waals surface area contributed by atoms with Crippen molar-refractivity contribution in [2.75, 3.05) is 13.1 Å². The minimum atomic E-state index is -0.972. The maximum absolute atomic E-state index is 12.1. The third kappa shape index (κ3) is 6.04. The smallest absolute Gasteiger partial charge is 0.305 e. The average Bonchev–Trinajstić information content (AvgIpc) is 2.36. The van der Waals surface area contributed by atoms with E-state index in [1.54, 1.807) is 31.2 Å². The molecule has 20 heavy (non-hydrogen) atoms. The molecule has 0 heterocycles. The van der Waals surface area contributed by atoms with Crippen LogP contribution in [0.3, 0.4) is 0 Å². The zero-order valence-electron chi connectivity index (χ0n) is 11.3. The maximum atomic E-state index is 12.1. The molecule has 6 heteroatoms. The van der Waals surface area contributed by atoms with E-state index >= 15 is 0 Å². The van der Waals surface area contributed by atoms with Crippen LogP contribution in [0.4, 0.5) is 0 Å². The summed E-state index contributed by atoms with van der Waals surface area (Å²) >= 11 is 5.77. The highest BCUT2D eigenvalue weighted by atomic mass is 35.5.